The standard InChI is InChI=1S/C16H26N2O2/c1-19-16(20-2)14(10-12-6-4-3-5-7-12)13-8-9-18-11-15(13)17/h3-7,13-16,18H,8-11,17H2,1-2H3/t13-,14-,15-/m1/s1. The van der Waals surface area contributed by atoms with Crippen molar-refractivity contribution in [2.45, 2.75) is 25.2 Å². The molecule has 0 aliphatic carbocycles. The Kier molecular flexibility index (Phi) is 5.98. The number of ether oxygens (including phenoxy) is 2. The van der Waals surface area contributed by atoms with Crippen LogP contribution in [0.4, 0.5) is 0 Å². The summed E-state index contributed by atoms with van der Waals surface area (Å²) < 4.78 is 11.1. The van der Waals surface area contributed by atoms with Gasteiger partial charge in [0.25, 0.3) is 0 Å². The van der Waals surface area contributed by atoms with Crippen LogP contribution in [0.15, 0.2) is 30.3 Å². The van der Waals surface area contributed by atoms with Gasteiger partial charge >= 0.3 is 0 Å². The number of hydrogen-bond donors (Lipinski definition) is 2. The molecule has 1 aliphatic rings. The van der Waals surface area contributed by atoms with E-state index in [-0.39, 0.29) is 18.2 Å². The van der Waals surface area contributed by atoms with E-state index in [1.807, 2.05) is 6.07 Å². The quantitative estimate of drug-likeness (QED) is 0.772. The second kappa shape index (κ2) is 7.74. The van der Waals surface area contributed by atoms with Crippen LogP contribution in [-0.4, -0.2) is 39.6 Å². The third-order valence-electron chi connectivity index (χ3n) is 4.26. The minimum absolute atomic E-state index is 0.158. The summed E-state index contributed by atoms with van der Waals surface area (Å²) in [6, 6.07) is 10.7. The summed E-state index contributed by atoms with van der Waals surface area (Å²) in [6.45, 7) is 1.89. The zero-order chi connectivity index (χ0) is 14.4. The van der Waals surface area contributed by atoms with E-state index in [1.54, 1.807) is 14.2 Å². The van der Waals surface area contributed by atoms with Crippen LogP contribution in [0.2, 0.25) is 0 Å². The van der Waals surface area contributed by atoms with Crippen LogP contribution in [0, 0.1) is 11.8 Å². The molecule has 0 amide bonds. The fourth-order valence-electron chi connectivity index (χ4n) is 3.22. The number of piperidine rings is 1. The molecule has 0 unspecified atom stereocenters. The lowest BCUT2D eigenvalue weighted by molar-refractivity contribution is -0.153. The molecule has 0 spiro atoms. The maximum absolute atomic E-state index is 6.31. The van der Waals surface area contributed by atoms with Crippen molar-refractivity contribution in [3.63, 3.8) is 0 Å². The highest BCUT2D eigenvalue weighted by atomic mass is 16.7. The number of rotatable bonds is 6. The third-order valence-corrected chi connectivity index (χ3v) is 4.26. The Labute approximate surface area is 121 Å². The summed E-state index contributed by atoms with van der Waals surface area (Å²) >= 11 is 0. The summed E-state index contributed by atoms with van der Waals surface area (Å²) in [4.78, 5) is 0. The Balaban J connectivity index is 2.15. The highest BCUT2D eigenvalue weighted by molar-refractivity contribution is 5.16. The number of benzene rings is 1. The Morgan fingerprint density at radius 3 is 2.55 bits per heavy atom. The first-order chi connectivity index (χ1) is 9.76. The Bertz CT molecular complexity index is 381. The van der Waals surface area contributed by atoms with Gasteiger partial charge in [-0.1, -0.05) is 30.3 Å². The summed E-state index contributed by atoms with van der Waals surface area (Å²) in [5.74, 6) is 0.700. The maximum Gasteiger partial charge on any atom is 0.160 e. The largest absolute Gasteiger partial charge is 0.356 e. The third kappa shape index (κ3) is 3.79. The van der Waals surface area contributed by atoms with Crippen molar-refractivity contribution in [2.75, 3.05) is 27.3 Å². The Morgan fingerprint density at radius 2 is 1.95 bits per heavy atom. The lowest BCUT2D eigenvalue weighted by Crippen LogP contribution is -2.51. The van der Waals surface area contributed by atoms with E-state index in [2.05, 4.69) is 29.6 Å². The molecule has 3 N–H and O–H groups in total. The molecular formula is C16H26N2O2. The van der Waals surface area contributed by atoms with Gasteiger partial charge in [-0.25, -0.2) is 0 Å². The van der Waals surface area contributed by atoms with Crippen molar-refractivity contribution < 1.29 is 9.47 Å². The fraction of sp³-hybridized carbons (Fsp3) is 0.625. The van der Waals surface area contributed by atoms with Gasteiger partial charge in [0.1, 0.15) is 0 Å². The smallest absolute Gasteiger partial charge is 0.160 e. The van der Waals surface area contributed by atoms with E-state index in [1.165, 1.54) is 5.56 Å². The van der Waals surface area contributed by atoms with E-state index in [4.69, 9.17) is 15.2 Å². The summed E-state index contributed by atoms with van der Waals surface area (Å²) in [5.41, 5.74) is 7.61. The predicted molar refractivity (Wildman–Crippen MR) is 80.4 cm³/mol. The molecule has 4 nitrogen and oxygen atoms in total. The first kappa shape index (κ1) is 15.4. The van der Waals surface area contributed by atoms with Crippen LogP contribution in [0.1, 0.15) is 12.0 Å². The predicted octanol–water partition coefficient (Wildman–Crippen LogP) is 1.40. The van der Waals surface area contributed by atoms with Gasteiger partial charge in [0.2, 0.25) is 0 Å². The van der Waals surface area contributed by atoms with Crippen LogP contribution < -0.4 is 11.1 Å². The number of hydrogen-bond acceptors (Lipinski definition) is 4. The van der Waals surface area contributed by atoms with E-state index < -0.39 is 0 Å². The highest BCUT2D eigenvalue weighted by Gasteiger charge is 2.35. The van der Waals surface area contributed by atoms with E-state index in [9.17, 15) is 0 Å². The van der Waals surface area contributed by atoms with E-state index in [0.29, 0.717) is 5.92 Å². The monoisotopic (exact) mass is 278 g/mol. The first-order valence-corrected chi connectivity index (χ1v) is 7.32. The molecule has 3 atom stereocenters. The molecule has 0 saturated carbocycles. The lowest BCUT2D eigenvalue weighted by Gasteiger charge is -2.38. The second-order valence-corrected chi connectivity index (χ2v) is 5.51. The average molecular weight is 278 g/mol. The molecule has 112 valence electrons. The van der Waals surface area contributed by atoms with Gasteiger partial charge in [0, 0.05) is 32.7 Å². The van der Waals surface area contributed by atoms with Gasteiger partial charge in [0.05, 0.1) is 0 Å². The number of nitrogens with one attached hydrogen (secondary N) is 1. The van der Waals surface area contributed by atoms with Gasteiger partial charge < -0.3 is 20.5 Å². The molecule has 4 heteroatoms. The van der Waals surface area contributed by atoms with Gasteiger partial charge in [-0.05, 0) is 30.9 Å². The molecule has 1 aliphatic heterocycles. The van der Waals surface area contributed by atoms with Crippen LogP contribution in [-0.2, 0) is 15.9 Å². The average Bonchev–Trinajstić information content (AvgIpc) is 2.49. The lowest BCUT2D eigenvalue weighted by atomic mass is 9.78. The topological polar surface area (TPSA) is 56.5 Å². The van der Waals surface area contributed by atoms with Gasteiger partial charge in [-0.15, -0.1) is 0 Å². The van der Waals surface area contributed by atoms with Crippen molar-refractivity contribution in [3.8, 4) is 0 Å². The fourth-order valence-corrected chi connectivity index (χ4v) is 3.22. The summed E-state index contributed by atoms with van der Waals surface area (Å²) in [6.07, 6.45) is 1.80. The van der Waals surface area contributed by atoms with Gasteiger partial charge in [0.15, 0.2) is 6.29 Å². The maximum atomic E-state index is 6.31. The second-order valence-electron chi connectivity index (χ2n) is 5.51. The zero-order valence-electron chi connectivity index (χ0n) is 12.4. The van der Waals surface area contributed by atoms with Crippen molar-refractivity contribution in [1.29, 1.82) is 0 Å². The molecule has 2 rings (SSSR count). The van der Waals surface area contributed by atoms with Crippen LogP contribution in [0.25, 0.3) is 0 Å². The molecule has 0 radical (unpaired) electrons. The summed E-state index contributed by atoms with van der Waals surface area (Å²) in [7, 11) is 3.41. The Hall–Kier alpha value is -0.940. The van der Waals surface area contributed by atoms with Crippen molar-refractivity contribution in [2.24, 2.45) is 17.6 Å². The first-order valence-electron chi connectivity index (χ1n) is 7.32. The van der Waals surface area contributed by atoms with Crippen molar-refractivity contribution in [1.82, 2.24) is 5.32 Å². The van der Waals surface area contributed by atoms with Crippen molar-refractivity contribution in [3.05, 3.63) is 35.9 Å². The normalized spacial score (nSPS) is 24.8. The molecule has 1 heterocycles. The van der Waals surface area contributed by atoms with Crippen molar-refractivity contribution >= 4 is 0 Å². The molecule has 1 aromatic carbocycles. The van der Waals surface area contributed by atoms with E-state index in [0.717, 1.165) is 25.9 Å². The number of nitrogens with two attached hydrogens (primary N) is 1. The van der Waals surface area contributed by atoms with E-state index >= 15 is 0 Å². The van der Waals surface area contributed by atoms with Crippen LogP contribution in [0.3, 0.4) is 0 Å². The molecule has 1 saturated heterocycles. The molecule has 0 bridgehead atoms. The summed E-state index contributed by atoms with van der Waals surface area (Å²) in [5, 5.41) is 3.35. The zero-order valence-corrected chi connectivity index (χ0v) is 12.4. The molecular weight excluding hydrogens is 252 g/mol. The minimum atomic E-state index is -0.204. The van der Waals surface area contributed by atoms with Gasteiger partial charge in [-0.3, -0.25) is 0 Å². The number of methoxy groups -OCH3 is 2. The molecule has 1 aromatic rings. The van der Waals surface area contributed by atoms with Crippen LogP contribution >= 0.6 is 0 Å². The molecule has 0 aromatic heterocycles. The van der Waals surface area contributed by atoms with Gasteiger partial charge in [-0.2, -0.15) is 0 Å². The Morgan fingerprint density at radius 1 is 1.25 bits per heavy atom. The molecule has 20 heavy (non-hydrogen) atoms. The molecule has 1 fully saturated rings. The highest BCUT2D eigenvalue weighted by Crippen LogP contribution is 2.29. The minimum Gasteiger partial charge on any atom is -0.356 e. The SMILES string of the molecule is COC(OC)[C@H](Cc1ccccc1)[C@H]1CCNC[C@H]1N. The van der Waals surface area contributed by atoms with Crippen LogP contribution in [0.5, 0.6) is 0 Å².